The lowest BCUT2D eigenvalue weighted by Gasteiger charge is -2.34. The Morgan fingerprint density at radius 2 is 1.27 bits per heavy atom. The molecule has 22 heavy (non-hydrogen) atoms. The second-order valence-electron chi connectivity index (χ2n) is 6.75. The van der Waals surface area contributed by atoms with Crippen LogP contribution in [0.25, 0.3) is 0 Å². The van der Waals surface area contributed by atoms with Crippen molar-refractivity contribution in [3.05, 3.63) is 46.7 Å². The van der Waals surface area contributed by atoms with Crippen LogP contribution in [-0.4, -0.2) is 18.0 Å². The van der Waals surface area contributed by atoms with E-state index in [2.05, 4.69) is 73.6 Å². The Bertz CT molecular complexity index is 436. The molecule has 0 aliphatic carbocycles. The van der Waals surface area contributed by atoms with Crippen LogP contribution < -0.4 is 0 Å². The molecule has 0 aliphatic rings. The normalized spacial score (nSPS) is 10.4. The third kappa shape index (κ3) is 5.51. The largest absolute Gasteiger partial charge is 0.371 e. The van der Waals surface area contributed by atoms with E-state index < -0.39 is 0 Å². The van der Waals surface area contributed by atoms with E-state index in [1.165, 1.54) is 48.1 Å². The summed E-state index contributed by atoms with van der Waals surface area (Å²) >= 11 is 0. The van der Waals surface area contributed by atoms with Crippen molar-refractivity contribution in [2.45, 2.75) is 80.2 Å². The van der Waals surface area contributed by atoms with Crippen LogP contribution >= 0.6 is 0 Å². The summed E-state index contributed by atoms with van der Waals surface area (Å²) in [5.74, 6) is 0. The molecule has 0 bridgehead atoms. The third-order valence-electron chi connectivity index (χ3n) is 4.20. The molecule has 0 aromatic heterocycles. The first-order valence-corrected chi connectivity index (χ1v) is 8.62. The van der Waals surface area contributed by atoms with Crippen molar-refractivity contribution in [3.63, 3.8) is 0 Å². The maximum Gasteiger partial charge on any atom is 0.0388 e. The van der Waals surface area contributed by atoms with Crippen LogP contribution in [0.1, 0.15) is 74.1 Å². The van der Waals surface area contributed by atoms with Gasteiger partial charge in [0.2, 0.25) is 0 Å². The fourth-order valence-corrected chi connectivity index (χ4v) is 3.50. The molecule has 0 aromatic carbocycles. The van der Waals surface area contributed by atoms with Crippen LogP contribution in [0.5, 0.6) is 0 Å². The second kappa shape index (κ2) is 9.71. The van der Waals surface area contributed by atoms with E-state index in [0.717, 1.165) is 11.1 Å². The van der Waals surface area contributed by atoms with Crippen molar-refractivity contribution >= 4 is 0 Å². The molecule has 126 valence electrons. The Kier molecular flexibility index (Phi) is 9.16. The molecule has 0 spiro atoms. The van der Waals surface area contributed by atoms with Crippen molar-refractivity contribution in [2.24, 2.45) is 0 Å². The minimum atomic E-state index is 0.603. The van der Waals surface area contributed by atoms with Gasteiger partial charge in [0.05, 0.1) is 0 Å². The summed E-state index contributed by atoms with van der Waals surface area (Å²) in [5, 5.41) is 0. The summed E-state index contributed by atoms with van der Waals surface area (Å²) in [6.07, 6.45) is 4.93. The molecule has 0 fully saturated rings. The molecule has 0 radical (unpaired) electrons. The van der Waals surface area contributed by atoms with Gasteiger partial charge in [-0.05, 0) is 58.6 Å². The molecule has 0 rings (SSSR count). The molecule has 0 saturated heterocycles. The average molecular weight is 304 g/mol. The Balaban J connectivity index is 5.94. The van der Waals surface area contributed by atoms with Gasteiger partial charge in [0.15, 0.2) is 0 Å². The van der Waals surface area contributed by atoms with Gasteiger partial charge < -0.3 is 4.90 Å². The van der Waals surface area contributed by atoms with Gasteiger partial charge in [-0.25, -0.2) is 0 Å². The zero-order valence-corrected chi connectivity index (χ0v) is 16.3. The lowest BCUT2D eigenvalue weighted by molar-refractivity contribution is 0.270. The molecular weight excluding hydrogens is 266 g/mol. The van der Waals surface area contributed by atoms with Crippen LogP contribution in [0.15, 0.2) is 46.7 Å². The fourth-order valence-electron chi connectivity index (χ4n) is 3.50. The molecule has 1 heteroatoms. The summed E-state index contributed by atoms with van der Waals surface area (Å²) in [7, 11) is 2.25. The summed E-state index contributed by atoms with van der Waals surface area (Å²) in [6, 6.07) is 0.603. The quantitative estimate of drug-likeness (QED) is 0.431. The topological polar surface area (TPSA) is 3.24 Å². The van der Waals surface area contributed by atoms with Gasteiger partial charge in [0, 0.05) is 18.8 Å². The maximum atomic E-state index is 4.16. The predicted octanol–water partition coefficient (Wildman–Crippen LogP) is 6.65. The third-order valence-corrected chi connectivity index (χ3v) is 4.20. The number of allylic oxidation sites excluding steroid dienone is 5. The Morgan fingerprint density at radius 3 is 1.55 bits per heavy atom. The number of nitrogens with zero attached hydrogens (tertiary/aromatic N) is 1. The van der Waals surface area contributed by atoms with Crippen molar-refractivity contribution in [3.8, 4) is 0 Å². The summed E-state index contributed by atoms with van der Waals surface area (Å²) in [6.45, 7) is 23.6. The number of hydrogen-bond acceptors (Lipinski definition) is 1. The lowest BCUT2D eigenvalue weighted by atomic mass is 9.92. The highest BCUT2D eigenvalue weighted by molar-refractivity contribution is 5.51. The molecule has 0 heterocycles. The summed E-state index contributed by atoms with van der Waals surface area (Å²) < 4.78 is 0. The maximum absolute atomic E-state index is 4.16. The first kappa shape index (κ1) is 20.8. The van der Waals surface area contributed by atoms with Gasteiger partial charge in [-0.3, -0.25) is 0 Å². The van der Waals surface area contributed by atoms with Gasteiger partial charge in [-0.1, -0.05) is 56.6 Å². The van der Waals surface area contributed by atoms with Crippen molar-refractivity contribution in [2.75, 3.05) is 7.05 Å². The Morgan fingerprint density at radius 1 is 0.864 bits per heavy atom. The van der Waals surface area contributed by atoms with Crippen LogP contribution in [0.3, 0.4) is 0 Å². The van der Waals surface area contributed by atoms with Crippen LogP contribution in [-0.2, 0) is 0 Å². The van der Waals surface area contributed by atoms with Crippen LogP contribution in [0, 0.1) is 0 Å². The van der Waals surface area contributed by atoms with E-state index >= 15 is 0 Å². The fraction of sp³-hybridized carbons (Fsp3) is 0.619. The Hall–Kier alpha value is -1.24. The summed E-state index contributed by atoms with van der Waals surface area (Å²) in [5.41, 5.74) is 7.43. The Labute approximate surface area is 139 Å². The van der Waals surface area contributed by atoms with E-state index in [0.29, 0.717) is 6.04 Å². The van der Waals surface area contributed by atoms with E-state index in [1.54, 1.807) is 0 Å². The number of hydrogen-bond donors (Lipinski definition) is 0. The van der Waals surface area contributed by atoms with Crippen LogP contribution in [0.2, 0.25) is 0 Å². The van der Waals surface area contributed by atoms with Crippen molar-refractivity contribution in [1.82, 2.24) is 4.90 Å². The second-order valence-corrected chi connectivity index (χ2v) is 6.75. The van der Waals surface area contributed by atoms with Crippen molar-refractivity contribution in [1.29, 1.82) is 0 Å². The molecule has 0 aromatic rings. The van der Waals surface area contributed by atoms with Gasteiger partial charge in [-0.15, -0.1) is 0 Å². The van der Waals surface area contributed by atoms with E-state index in [4.69, 9.17) is 0 Å². The zero-order valence-electron chi connectivity index (χ0n) is 16.3. The molecule has 0 N–H and O–H groups in total. The lowest BCUT2D eigenvalue weighted by Crippen LogP contribution is -2.32. The molecule has 1 nitrogen and oxygen atoms in total. The molecule has 0 aliphatic heterocycles. The molecule has 0 amide bonds. The van der Waals surface area contributed by atoms with Gasteiger partial charge >= 0.3 is 0 Å². The predicted molar refractivity (Wildman–Crippen MR) is 102 cm³/mol. The summed E-state index contributed by atoms with van der Waals surface area (Å²) in [4.78, 5) is 2.49. The molecule has 0 saturated carbocycles. The molecule has 0 unspecified atom stereocenters. The minimum Gasteiger partial charge on any atom is -0.371 e. The highest BCUT2D eigenvalue weighted by Crippen LogP contribution is 2.30. The van der Waals surface area contributed by atoms with Gasteiger partial charge in [0.25, 0.3) is 0 Å². The molecular formula is C21H37N. The van der Waals surface area contributed by atoms with E-state index in [-0.39, 0.29) is 0 Å². The standard InChI is InChI=1S/C21H37N/c1-11-13-19(14-12-2)22(10)21(17(7)8)18(9)20(15(3)4)16(5)6/h19H,3,5,11-14H2,1-2,4,6-10H3. The van der Waals surface area contributed by atoms with Crippen molar-refractivity contribution < 1.29 is 0 Å². The number of rotatable bonds is 9. The SMILES string of the molecule is C=C(C)C(C(=C)C)=C(C)C(=C(C)C)N(C)C(CCC)CCC. The first-order chi connectivity index (χ1) is 10.2. The minimum absolute atomic E-state index is 0.603. The molecule has 0 atom stereocenters. The van der Waals surface area contributed by atoms with Gasteiger partial charge in [-0.2, -0.15) is 0 Å². The van der Waals surface area contributed by atoms with E-state index in [9.17, 15) is 0 Å². The smallest absolute Gasteiger partial charge is 0.0388 e. The monoisotopic (exact) mass is 303 g/mol. The average Bonchev–Trinajstić information content (AvgIpc) is 2.36. The van der Waals surface area contributed by atoms with Crippen LogP contribution in [0.4, 0.5) is 0 Å². The first-order valence-electron chi connectivity index (χ1n) is 8.62. The zero-order chi connectivity index (χ0) is 17.4. The van der Waals surface area contributed by atoms with E-state index in [1.807, 2.05) is 0 Å². The highest BCUT2D eigenvalue weighted by Gasteiger charge is 2.20. The van der Waals surface area contributed by atoms with Gasteiger partial charge in [0.1, 0.15) is 0 Å². The number of likely N-dealkylation sites (N-methyl/N-ethyl adjacent to an activating group) is 1. The highest BCUT2D eigenvalue weighted by atomic mass is 15.1.